The van der Waals surface area contributed by atoms with Crippen molar-refractivity contribution in [2.24, 2.45) is 5.73 Å². The quantitative estimate of drug-likeness (QED) is 0.269. The van der Waals surface area contributed by atoms with Crippen LogP contribution in [0, 0.1) is 24.0 Å². The number of nitrogens with two attached hydrogens (primary N) is 1. The lowest BCUT2D eigenvalue weighted by molar-refractivity contribution is -0.385. The van der Waals surface area contributed by atoms with E-state index in [1.807, 2.05) is 6.92 Å². The lowest BCUT2D eigenvalue weighted by Gasteiger charge is -2.12. The number of nitrogens with zero attached hydrogens (tertiary/aromatic N) is 6. The molecular weight excluding hydrogens is 517 g/mol. The Balaban J connectivity index is 1.88. The second-order valence-corrected chi connectivity index (χ2v) is 8.99. The van der Waals surface area contributed by atoms with Gasteiger partial charge in [0, 0.05) is 23.7 Å². The number of rotatable bonds is 7. The van der Waals surface area contributed by atoms with Gasteiger partial charge >= 0.3 is 11.9 Å². The molecule has 4 heterocycles. The molecule has 2 amide bonds. The fourth-order valence-electron chi connectivity index (χ4n) is 3.79. The van der Waals surface area contributed by atoms with Crippen molar-refractivity contribution in [3.8, 4) is 11.1 Å². The van der Waals surface area contributed by atoms with Gasteiger partial charge in [-0.3, -0.25) is 29.1 Å². The van der Waals surface area contributed by atoms with E-state index < -0.39 is 35.2 Å². The maximum atomic E-state index is 13.7. The first-order valence-corrected chi connectivity index (χ1v) is 11.5. The summed E-state index contributed by atoms with van der Waals surface area (Å²) >= 11 is 0.609. The predicted molar refractivity (Wildman–Crippen MR) is 127 cm³/mol. The highest BCUT2D eigenvalue weighted by molar-refractivity contribution is 7.21. The predicted octanol–water partition coefficient (Wildman–Crippen LogP) is 3.66. The molecule has 4 aromatic heterocycles. The Labute approximate surface area is 210 Å². The number of nitrogens with one attached hydrogen (secondary N) is 1. The molecule has 0 aliphatic carbocycles. The van der Waals surface area contributed by atoms with Crippen LogP contribution >= 0.6 is 11.3 Å². The van der Waals surface area contributed by atoms with E-state index in [-0.39, 0.29) is 37.7 Å². The van der Waals surface area contributed by atoms with E-state index in [0.717, 1.165) is 16.9 Å². The number of carbonyl (C=O) groups excluding carboxylic acids is 2. The molecule has 4 aromatic rings. The van der Waals surface area contributed by atoms with E-state index in [1.165, 1.54) is 11.6 Å². The van der Waals surface area contributed by atoms with E-state index in [1.54, 1.807) is 13.1 Å². The largest absolute Gasteiger partial charge is 0.433 e. The van der Waals surface area contributed by atoms with E-state index in [9.17, 15) is 32.9 Å². The lowest BCUT2D eigenvalue weighted by Crippen LogP contribution is -2.21. The number of halogens is 3. The molecule has 0 spiro atoms. The smallest absolute Gasteiger partial charge is 0.365 e. The van der Waals surface area contributed by atoms with Crippen LogP contribution in [0.15, 0.2) is 18.5 Å². The number of amides is 2. The average Bonchev–Trinajstić information content (AvgIpc) is 3.47. The molecule has 12 nitrogen and oxygen atoms in total. The summed E-state index contributed by atoms with van der Waals surface area (Å²) in [6, 6.07) is 0.833. The van der Waals surface area contributed by atoms with Crippen molar-refractivity contribution in [2.45, 2.75) is 40.0 Å². The second kappa shape index (κ2) is 9.27. The Morgan fingerprint density at radius 1 is 1.16 bits per heavy atom. The van der Waals surface area contributed by atoms with Crippen molar-refractivity contribution in [3.05, 3.63) is 50.5 Å². The third-order valence-electron chi connectivity index (χ3n) is 5.42. The number of nitro groups is 1. The maximum absolute atomic E-state index is 13.7. The van der Waals surface area contributed by atoms with Gasteiger partial charge < -0.3 is 11.1 Å². The van der Waals surface area contributed by atoms with Gasteiger partial charge in [-0.2, -0.15) is 23.4 Å². The first-order chi connectivity index (χ1) is 17.3. The number of thiophene rings is 1. The van der Waals surface area contributed by atoms with Crippen molar-refractivity contribution >= 4 is 44.7 Å². The van der Waals surface area contributed by atoms with Crippen molar-refractivity contribution in [3.63, 3.8) is 0 Å². The van der Waals surface area contributed by atoms with E-state index in [2.05, 4.69) is 20.5 Å². The highest BCUT2D eigenvalue weighted by Crippen LogP contribution is 2.44. The molecule has 0 saturated heterocycles. The molecule has 0 radical (unpaired) electrons. The topological polar surface area (TPSA) is 164 Å². The van der Waals surface area contributed by atoms with Crippen LogP contribution in [0.3, 0.4) is 0 Å². The molecule has 0 aromatic carbocycles. The Hall–Kier alpha value is -4.34. The van der Waals surface area contributed by atoms with Crippen LogP contribution in [0.5, 0.6) is 0 Å². The van der Waals surface area contributed by atoms with Crippen LogP contribution in [-0.2, 0) is 24.1 Å². The maximum Gasteiger partial charge on any atom is 0.433 e. The number of aryl methyl sites for hydroxylation is 3. The number of carbonyl (C=O) groups is 2. The number of alkyl halides is 3. The summed E-state index contributed by atoms with van der Waals surface area (Å²) in [7, 11) is 0. The van der Waals surface area contributed by atoms with Gasteiger partial charge in [0.15, 0.2) is 0 Å². The molecule has 0 fully saturated rings. The van der Waals surface area contributed by atoms with Gasteiger partial charge in [0.25, 0.3) is 5.91 Å². The van der Waals surface area contributed by atoms with Gasteiger partial charge in [-0.15, -0.1) is 11.3 Å². The molecule has 37 heavy (non-hydrogen) atoms. The van der Waals surface area contributed by atoms with Crippen LogP contribution in [0.4, 0.5) is 24.5 Å². The third kappa shape index (κ3) is 4.87. The van der Waals surface area contributed by atoms with Gasteiger partial charge in [0.1, 0.15) is 33.8 Å². The molecule has 4 rings (SSSR count). The monoisotopic (exact) mass is 536 g/mol. The third-order valence-corrected chi connectivity index (χ3v) is 6.52. The fraction of sp³-hybridized carbons (Fsp3) is 0.286. The zero-order valence-corrected chi connectivity index (χ0v) is 20.4. The summed E-state index contributed by atoms with van der Waals surface area (Å²) in [5.74, 6) is -1.73. The Kier molecular flexibility index (Phi) is 6.45. The summed E-state index contributed by atoms with van der Waals surface area (Å²) in [6.45, 7) is 4.81. The number of pyridine rings is 1. The van der Waals surface area contributed by atoms with Crippen LogP contribution in [0.2, 0.25) is 0 Å². The minimum Gasteiger partial charge on any atom is -0.365 e. The minimum atomic E-state index is -4.79. The normalized spacial score (nSPS) is 11.7. The average molecular weight is 536 g/mol. The van der Waals surface area contributed by atoms with Crippen molar-refractivity contribution in [1.29, 1.82) is 0 Å². The van der Waals surface area contributed by atoms with Gasteiger partial charge in [-0.1, -0.05) is 0 Å². The van der Waals surface area contributed by atoms with Crippen LogP contribution in [-0.4, -0.2) is 41.3 Å². The molecular formula is C21H19F3N8O4S. The Bertz CT molecular complexity index is 1570. The van der Waals surface area contributed by atoms with Crippen molar-refractivity contribution < 1.29 is 27.7 Å². The van der Waals surface area contributed by atoms with Crippen molar-refractivity contribution in [1.82, 2.24) is 24.5 Å². The lowest BCUT2D eigenvalue weighted by atomic mass is 10.0. The summed E-state index contributed by atoms with van der Waals surface area (Å²) < 4.78 is 43.7. The highest BCUT2D eigenvalue weighted by atomic mass is 32.1. The molecule has 0 bridgehead atoms. The molecule has 0 saturated carbocycles. The molecule has 0 unspecified atom stereocenters. The number of fused-ring (bicyclic) bond motifs is 1. The Morgan fingerprint density at radius 3 is 2.38 bits per heavy atom. The first kappa shape index (κ1) is 25.7. The van der Waals surface area contributed by atoms with E-state index in [0.29, 0.717) is 29.1 Å². The number of hydrogen-bond acceptors (Lipinski definition) is 8. The summed E-state index contributed by atoms with van der Waals surface area (Å²) in [4.78, 5) is 38.8. The van der Waals surface area contributed by atoms with E-state index in [4.69, 9.17) is 5.73 Å². The highest BCUT2D eigenvalue weighted by Gasteiger charge is 2.35. The van der Waals surface area contributed by atoms with E-state index >= 15 is 0 Å². The number of primary amides is 1. The fourth-order valence-corrected chi connectivity index (χ4v) is 4.79. The molecule has 0 aliphatic rings. The Morgan fingerprint density at radius 2 is 1.84 bits per heavy atom. The second-order valence-electron chi connectivity index (χ2n) is 7.99. The van der Waals surface area contributed by atoms with Gasteiger partial charge in [-0.25, -0.2) is 4.98 Å². The van der Waals surface area contributed by atoms with Crippen LogP contribution < -0.4 is 11.1 Å². The number of anilines is 1. The first-order valence-electron chi connectivity index (χ1n) is 10.7. The number of hydrogen-bond donors (Lipinski definition) is 2. The number of aromatic nitrogens is 5. The standard InChI is InChI=1S/C21H19F3N8O4S/c1-4-30-6-12(9(2)28-30)11-5-14(21(22,23)24)26-20-16(11)17(18(37-20)19(25)34)27-15(33)8-31-7-13(32(35)36)10(3)29-31/h5-7H,4,8H2,1-3H3,(H2,25,34)(H,27,33). The summed E-state index contributed by atoms with van der Waals surface area (Å²) in [5, 5.41) is 21.9. The molecule has 0 atom stereocenters. The molecule has 3 N–H and O–H groups in total. The molecule has 194 valence electrons. The molecule has 0 aliphatic heterocycles. The summed E-state index contributed by atoms with van der Waals surface area (Å²) in [5.41, 5.74) is 4.82. The van der Waals surface area contributed by atoms with Crippen LogP contribution in [0.1, 0.15) is 33.7 Å². The van der Waals surface area contributed by atoms with Gasteiger partial charge in [0.05, 0.1) is 16.3 Å². The molecule has 16 heteroatoms. The van der Waals surface area contributed by atoms with Crippen LogP contribution in [0.25, 0.3) is 21.3 Å². The minimum absolute atomic E-state index is 0.0548. The zero-order chi connectivity index (χ0) is 27.2. The van der Waals surface area contributed by atoms with Gasteiger partial charge in [-0.05, 0) is 32.4 Å². The summed E-state index contributed by atoms with van der Waals surface area (Å²) in [6.07, 6.45) is -2.16. The SMILES string of the molecule is CCn1cc(-c2cc(C(F)(F)F)nc3sc(C(N)=O)c(NC(=O)Cn4cc([N+](=O)[O-])c(C)n4)c23)c(C)n1. The van der Waals surface area contributed by atoms with Crippen molar-refractivity contribution in [2.75, 3.05) is 5.32 Å². The van der Waals surface area contributed by atoms with Gasteiger partial charge in [0.2, 0.25) is 5.91 Å². The zero-order valence-electron chi connectivity index (χ0n) is 19.6.